The van der Waals surface area contributed by atoms with Crippen LogP contribution in [0.3, 0.4) is 0 Å². The molecule has 2 aliphatic heterocycles. The first-order valence-corrected chi connectivity index (χ1v) is 10.4. The third-order valence-corrected chi connectivity index (χ3v) is 6.05. The quantitative estimate of drug-likeness (QED) is 0.620. The van der Waals surface area contributed by atoms with Crippen LogP contribution in [0.4, 0.5) is 4.79 Å². The number of urea groups is 1. The first kappa shape index (κ1) is 19.8. The topological polar surface area (TPSA) is 87.7 Å². The number of imide groups is 1. The van der Waals surface area contributed by atoms with Crippen molar-refractivity contribution in [3.63, 3.8) is 0 Å². The number of nitrogens with zero attached hydrogens (tertiary/aromatic N) is 1. The summed E-state index contributed by atoms with van der Waals surface area (Å²) >= 11 is 0. The summed E-state index contributed by atoms with van der Waals surface area (Å²) in [5.41, 5.74) is 3.34. The van der Waals surface area contributed by atoms with E-state index in [0.717, 1.165) is 5.01 Å². The van der Waals surface area contributed by atoms with E-state index in [1.807, 2.05) is 61.5 Å². The van der Waals surface area contributed by atoms with Gasteiger partial charge in [0.05, 0.1) is 5.92 Å². The molecule has 0 spiro atoms. The molecule has 0 saturated carbocycles. The van der Waals surface area contributed by atoms with Crippen LogP contribution in [-0.2, 0) is 15.1 Å². The Balaban J connectivity index is 1.49. The van der Waals surface area contributed by atoms with Gasteiger partial charge in [0.1, 0.15) is 17.0 Å². The summed E-state index contributed by atoms with van der Waals surface area (Å²) in [5.74, 6) is -0.605. The maximum atomic E-state index is 13.5. The van der Waals surface area contributed by atoms with E-state index < -0.39 is 29.3 Å². The molecule has 3 aromatic carbocycles. The molecule has 7 nitrogen and oxygen atoms in total. The molecule has 0 bridgehead atoms. The normalized spacial score (nSPS) is 19.6. The predicted molar refractivity (Wildman–Crippen MR) is 117 cm³/mol. The molecule has 5 rings (SSSR count). The summed E-state index contributed by atoms with van der Waals surface area (Å²) in [5, 5.41) is 3.57. The molecular formula is C25H21N3O4. The SMILES string of the molecule is CC[C@]1(c2ccccc2)NC(=O)N(NC(=O)C2c3ccccc3Oc3ccccc32)C1=O. The molecule has 1 atom stereocenters. The summed E-state index contributed by atoms with van der Waals surface area (Å²) < 4.78 is 5.94. The highest BCUT2D eigenvalue weighted by Crippen LogP contribution is 2.44. The van der Waals surface area contributed by atoms with Gasteiger partial charge < -0.3 is 10.1 Å². The number of carbonyl (C=O) groups is 3. The van der Waals surface area contributed by atoms with Crippen molar-refractivity contribution in [1.82, 2.24) is 15.8 Å². The van der Waals surface area contributed by atoms with E-state index in [1.165, 1.54) is 0 Å². The molecule has 0 aliphatic carbocycles. The van der Waals surface area contributed by atoms with Gasteiger partial charge in [-0.3, -0.25) is 15.0 Å². The molecule has 4 amide bonds. The number of carbonyl (C=O) groups excluding carboxylic acids is 3. The molecule has 32 heavy (non-hydrogen) atoms. The molecule has 160 valence electrons. The Hall–Kier alpha value is -4.13. The van der Waals surface area contributed by atoms with Crippen LogP contribution >= 0.6 is 0 Å². The zero-order valence-corrected chi connectivity index (χ0v) is 17.4. The number of rotatable bonds is 4. The number of nitrogens with one attached hydrogen (secondary N) is 2. The summed E-state index contributed by atoms with van der Waals surface area (Å²) in [4.78, 5) is 39.6. The molecule has 7 heteroatoms. The predicted octanol–water partition coefficient (Wildman–Crippen LogP) is 3.81. The highest BCUT2D eigenvalue weighted by Gasteiger charge is 2.52. The van der Waals surface area contributed by atoms with E-state index in [1.54, 1.807) is 24.3 Å². The Kier molecular flexibility index (Phi) is 4.66. The summed E-state index contributed by atoms with van der Waals surface area (Å²) in [6.07, 6.45) is 0.344. The van der Waals surface area contributed by atoms with Crippen LogP contribution < -0.4 is 15.5 Å². The highest BCUT2D eigenvalue weighted by molar-refractivity contribution is 6.09. The first-order valence-electron chi connectivity index (χ1n) is 10.4. The van der Waals surface area contributed by atoms with E-state index >= 15 is 0 Å². The van der Waals surface area contributed by atoms with Crippen molar-refractivity contribution in [3.05, 3.63) is 95.6 Å². The molecule has 3 aromatic rings. The zero-order chi connectivity index (χ0) is 22.3. The van der Waals surface area contributed by atoms with Crippen molar-refractivity contribution >= 4 is 17.8 Å². The van der Waals surface area contributed by atoms with E-state index in [-0.39, 0.29) is 0 Å². The number of hydrogen-bond donors (Lipinski definition) is 2. The summed E-state index contributed by atoms with van der Waals surface area (Å²) in [6, 6.07) is 22.9. The van der Waals surface area contributed by atoms with Crippen LogP contribution in [0.15, 0.2) is 78.9 Å². The minimum absolute atomic E-state index is 0.344. The number of hydrogen-bond acceptors (Lipinski definition) is 4. The monoisotopic (exact) mass is 427 g/mol. The van der Waals surface area contributed by atoms with Crippen molar-refractivity contribution in [1.29, 1.82) is 0 Å². The van der Waals surface area contributed by atoms with Gasteiger partial charge in [-0.05, 0) is 24.1 Å². The second-order valence-corrected chi connectivity index (χ2v) is 7.78. The Bertz CT molecular complexity index is 1180. The van der Waals surface area contributed by atoms with Gasteiger partial charge in [0.2, 0.25) is 0 Å². The average Bonchev–Trinajstić information content (AvgIpc) is 3.08. The van der Waals surface area contributed by atoms with Crippen LogP contribution in [0.5, 0.6) is 11.5 Å². The van der Waals surface area contributed by atoms with E-state index in [4.69, 9.17) is 4.74 Å². The van der Waals surface area contributed by atoms with E-state index in [9.17, 15) is 14.4 Å². The van der Waals surface area contributed by atoms with Crippen molar-refractivity contribution in [3.8, 4) is 11.5 Å². The smallest absolute Gasteiger partial charge is 0.344 e. The number of amides is 4. The summed E-state index contributed by atoms with van der Waals surface area (Å²) in [7, 11) is 0. The number of para-hydroxylation sites is 2. The minimum atomic E-state index is -1.23. The zero-order valence-electron chi connectivity index (χ0n) is 17.4. The first-order chi connectivity index (χ1) is 15.5. The average molecular weight is 427 g/mol. The van der Waals surface area contributed by atoms with Crippen LogP contribution in [0, 0.1) is 0 Å². The molecule has 2 heterocycles. The van der Waals surface area contributed by atoms with Crippen molar-refractivity contribution < 1.29 is 19.1 Å². The van der Waals surface area contributed by atoms with Gasteiger partial charge in [0.25, 0.3) is 11.8 Å². The van der Waals surface area contributed by atoms with E-state index in [0.29, 0.717) is 34.6 Å². The Morgan fingerprint density at radius 3 is 2.09 bits per heavy atom. The molecule has 2 N–H and O–H groups in total. The molecule has 0 radical (unpaired) electrons. The van der Waals surface area contributed by atoms with Gasteiger partial charge in [-0.15, -0.1) is 0 Å². The van der Waals surface area contributed by atoms with Crippen molar-refractivity contribution in [2.24, 2.45) is 0 Å². The molecule has 0 unspecified atom stereocenters. The molecule has 1 fully saturated rings. The lowest BCUT2D eigenvalue weighted by Crippen LogP contribution is -2.50. The standard InChI is InChI=1S/C25H21N3O4/c1-2-25(16-10-4-3-5-11-16)23(30)28(24(31)26-25)27-22(29)21-17-12-6-8-14-19(17)32-20-15-9-7-13-18(20)21/h3-15,21H,2H2,1H3,(H,26,31)(H,27,29)/t25-/m1/s1. The van der Waals surface area contributed by atoms with Gasteiger partial charge in [-0.1, -0.05) is 73.7 Å². The van der Waals surface area contributed by atoms with Gasteiger partial charge in [0.15, 0.2) is 0 Å². The van der Waals surface area contributed by atoms with Crippen molar-refractivity contribution in [2.75, 3.05) is 0 Å². The lowest BCUT2D eigenvalue weighted by molar-refractivity contribution is -0.139. The van der Waals surface area contributed by atoms with Gasteiger partial charge in [0, 0.05) is 11.1 Å². The third kappa shape index (κ3) is 2.93. The maximum absolute atomic E-state index is 13.5. The van der Waals surface area contributed by atoms with E-state index in [2.05, 4.69) is 10.7 Å². The van der Waals surface area contributed by atoms with Gasteiger partial charge in [-0.25, -0.2) is 4.79 Å². The second kappa shape index (κ2) is 7.53. The number of ether oxygens (including phenoxy) is 1. The van der Waals surface area contributed by atoms with Gasteiger partial charge >= 0.3 is 6.03 Å². The van der Waals surface area contributed by atoms with Crippen LogP contribution in [0.1, 0.15) is 36.0 Å². The third-order valence-electron chi connectivity index (χ3n) is 6.05. The highest BCUT2D eigenvalue weighted by atomic mass is 16.5. The summed E-state index contributed by atoms with van der Waals surface area (Å²) in [6.45, 7) is 1.82. The van der Waals surface area contributed by atoms with Crippen molar-refractivity contribution in [2.45, 2.75) is 24.8 Å². The molecular weight excluding hydrogens is 406 g/mol. The molecule has 2 aliphatic rings. The Labute approximate surface area is 185 Å². The van der Waals surface area contributed by atoms with Crippen LogP contribution in [-0.4, -0.2) is 22.9 Å². The molecule has 0 aromatic heterocycles. The lowest BCUT2D eigenvalue weighted by Gasteiger charge is -2.29. The minimum Gasteiger partial charge on any atom is -0.457 e. The fourth-order valence-corrected chi connectivity index (χ4v) is 4.41. The maximum Gasteiger partial charge on any atom is 0.344 e. The second-order valence-electron chi connectivity index (χ2n) is 7.78. The Morgan fingerprint density at radius 2 is 1.50 bits per heavy atom. The fourth-order valence-electron chi connectivity index (χ4n) is 4.41. The number of hydrazine groups is 1. The van der Waals surface area contributed by atoms with Gasteiger partial charge in [-0.2, -0.15) is 5.01 Å². The lowest BCUT2D eigenvalue weighted by atomic mass is 9.87. The fraction of sp³-hybridized carbons (Fsp3) is 0.160. The number of fused-ring (bicyclic) bond motifs is 2. The molecule has 1 saturated heterocycles. The van der Waals surface area contributed by atoms with Crippen LogP contribution in [0.25, 0.3) is 0 Å². The largest absolute Gasteiger partial charge is 0.457 e. The number of benzene rings is 3. The van der Waals surface area contributed by atoms with Crippen LogP contribution in [0.2, 0.25) is 0 Å². The Morgan fingerprint density at radius 1 is 0.938 bits per heavy atom.